The number of ether oxygens (including phenoxy) is 3. The molecule has 0 unspecified atom stereocenters. The molecule has 7 heteroatoms. The van der Waals surface area contributed by atoms with E-state index >= 15 is 0 Å². The van der Waals surface area contributed by atoms with E-state index in [0.717, 1.165) is 57.6 Å². The third kappa shape index (κ3) is 7.29. The molecule has 1 fully saturated rings. The molecular weight excluding hydrogens is 445 g/mol. The van der Waals surface area contributed by atoms with Gasteiger partial charge in [-0.05, 0) is 68.1 Å². The molecule has 0 amide bonds. The van der Waals surface area contributed by atoms with E-state index < -0.39 is 5.60 Å². The van der Waals surface area contributed by atoms with Crippen molar-refractivity contribution in [3.05, 3.63) is 77.9 Å². The van der Waals surface area contributed by atoms with Gasteiger partial charge in [-0.15, -0.1) is 0 Å². The van der Waals surface area contributed by atoms with Gasteiger partial charge in [0.2, 0.25) is 0 Å². The Bertz CT molecular complexity index is 1060. The predicted molar refractivity (Wildman–Crippen MR) is 134 cm³/mol. The molecule has 1 aromatic heterocycles. The van der Waals surface area contributed by atoms with Gasteiger partial charge in [0.05, 0.1) is 12.8 Å². The molecular formula is C28H36FN3O3. The minimum Gasteiger partial charge on any atom is -0.494 e. The van der Waals surface area contributed by atoms with Crippen LogP contribution in [0.2, 0.25) is 0 Å². The Morgan fingerprint density at radius 2 is 1.86 bits per heavy atom. The molecule has 2 heterocycles. The first-order valence-electron chi connectivity index (χ1n) is 12.4. The van der Waals surface area contributed by atoms with E-state index in [1.54, 1.807) is 25.3 Å². The van der Waals surface area contributed by atoms with Crippen molar-refractivity contribution in [2.45, 2.75) is 51.3 Å². The zero-order valence-electron chi connectivity index (χ0n) is 20.8. The van der Waals surface area contributed by atoms with Crippen LogP contribution in [0.25, 0.3) is 0 Å². The van der Waals surface area contributed by atoms with Crippen LogP contribution in [0.15, 0.2) is 60.9 Å². The molecule has 0 radical (unpaired) electrons. The zero-order chi connectivity index (χ0) is 24.5. The van der Waals surface area contributed by atoms with Gasteiger partial charge in [0.15, 0.2) is 11.6 Å². The van der Waals surface area contributed by atoms with E-state index in [-0.39, 0.29) is 11.6 Å². The maximum Gasteiger partial charge on any atom is 0.165 e. The molecule has 1 atom stereocenters. The lowest BCUT2D eigenvalue weighted by molar-refractivity contribution is -0.0548. The molecule has 1 saturated heterocycles. The summed E-state index contributed by atoms with van der Waals surface area (Å²) < 4.78 is 33.5. The van der Waals surface area contributed by atoms with Gasteiger partial charge in [-0.25, -0.2) is 4.39 Å². The Kier molecular flexibility index (Phi) is 8.77. The fourth-order valence-corrected chi connectivity index (χ4v) is 4.52. The summed E-state index contributed by atoms with van der Waals surface area (Å²) in [6.07, 6.45) is 7.57. The summed E-state index contributed by atoms with van der Waals surface area (Å²) in [7, 11) is 1.73. The highest BCUT2D eigenvalue weighted by molar-refractivity contribution is 5.27. The molecule has 0 aliphatic carbocycles. The maximum atomic E-state index is 14.0. The van der Waals surface area contributed by atoms with Crippen molar-refractivity contribution in [1.82, 2.24) is 14.7 Å². The van der Waals surface area contributed by atoms with Crippen LogP contribution in [0.5, 0.6) is 11.5 Å². The second-order valence-electron chi connectivity index (χ2n) is 9.36. The van der Waals surface area contributed by atoms with Gasteiger partial charge in [-0.2, -0.15) is 5.10 Å². The molecule has 1 aliphatic heterocycles. The van der Waals surface area contributed by atoms with E-state index in [2.05, 4.69) is 22.1 Å². The number of para-hydroxylation sites is 1. The quantitative estimate of drug-likeness (QED) is 0.350. The number of rotatable bonds is 11. The van der Waals surface area contributed by atoms with Crippen molar-refractivity contribution in [2.24, 2.45) is 0 Å². The minimum absolute atomic E-state index is 0.281. The van der Waals surface area contributed by atoms with Crippen LogP contribution in [-0.4, -0.2) is 53.7 Å². The first-order valence-corrected chi connectivity index (χ1v) is 12.4. The van der Waals surface area contributed by atoms with Crippen LogP contribution in [0.1, 0.15) is 36.8 Å². The summed E-state index contributed by atoms with van der Waals surface area (Å²) in [4.78, 5) is 2.45. The minimum atomic E-state index is -0.399. The van der Waals surface area contributed by atoms with Gasteiger partial charge in [0, 0.05) is 39.4 Å². The van der Waals surface area contributed by atoms with Crippen LogP contribution in [0.3, 0.4) is 0 Å². The highest BCUT2D eigenvalue weighted by atomic mass is 19.1. The molecule has 188 valence electrons. The number of nitrogens with zero attached hydrogens (tertiary/aromatic N) is 3. The molecule has 0 saturated carbocycles. The molecule has 4 rings (SSSR count). The molecule has 2 aromatic carbocycles. The normalized spacial score (nSPS) is 18.8. The zero-order valence-corrected chi connectivity index (χ0v) is 20.8. The van der Waals surface area contributed by atoms with Crippen LogP contribution >= 0.6 is 0 Å². The highest BCUT2D eigenvalue weighted by Crippen LogP contribution is 2.29. The lowest BCUT2D eigenvalue weighted by atomic mass is 9.95. The Morgan fingerprint density at radius 1 is 1.03 bits per heavy atom. The number of halogens is 1. The first-order chi connectivity index (χ1) is 17.0. The van der Waals surface area contributed by atoms with Gasteiger partial charge in [-0.1, -0.05) is 24.3 Å². The van der Waals surface area contributed by atoms with Crippen molar-refractivity contribution in [2.75, 3.05) is 33.4 Å². The number of likely N-dealkylation sites (tertiary alicyclic amines) is 1. The summed E-state index contributed by atoms with van der Waals surface area (Å²) in [5, 5.41) is 4.30. The van der Waals surface area contributed by atoms with E-state index in [1.165, 1.54) is 17.2 Å². The summed E-state index contributed by atoms with van der Waals surface area (Å²) in [6.45, 7) is 6.70. The fraction of sp³-hybridized carbons (Fsp3) is 0.464. The number of hydrogen-bond donors (Lipinski definition) is 0. The van der Waals surface area contributed by atoms with Crippen LogP contribution in [0, 0.1) is 12.7 Å². The Balaban J connectivity index is 1.22. The third-order valence-electron chi connectivity index (χ3n) is 6.64. The summed E-state index contributed by atoms with van der Waals surface area (Å²) >= 11 is 0. The number of hydrogen-bond acceptors (Lipinski definition) is 5. The lowest BCUT2D eigenvalue weighted by Crippen LogP contribution is -2.39. The van der Waals surface area contributed by atoms with Gasteiger partial charge in [-0.3, -0.25) is 9.58 Å². The monoisotopic (exact) mass is 481 g/mol. The van der Waals surface area contributed by atoms with Crippen LogP contribution in [0.4, 0.5) is 4.39 Å². The smallest absolute Gasteiger partial charge is 0.165 e. The molecule has 0 spiro atoms. The number of aryl methyl sites for hydroxylation is 2. The summed E-state index contributed by atoms with van der Waals surface area (Å²) in [6, 6.07) is 14.9. The van der Waals surface area contributed by atoms with Crippen molar-refractivity contribution < 1.29 is 18.6 Å². The average molecular weight is 482 g/mol. The van der Waals surface area contributed by atoms with E-state index in [4.69, 9.17) is 14.2 Å². The fourth-order valence-electron chi connectivity index (χ4n) is 4.52. The predicted octanol–water partition coefficient (Wildman–Crippen LogP) is 5.25. The molecule has 1 aliphatic rings. The summed E-state index contributed by atoms with van der Waals surface area (Å²) in [5.74, 6) is 0.836. The van der Waals surface area contributed by atoms with Crippen molar-refractivity contribution in [3.8, 4) is 11.5 Å². The maximum absolute atomic E-state index is 14.0. The van der Waals surface area contributed by atoms with E-state index in [1.807, 2.05) is 36.1 Å². The van der Waals surface area contributed by atoms with Gasteiger partial charge >= 0.3 is 0 Å². The highest BCUT2D eigenvalue weighted by Gasteiger charge is 2.34. The second-order valence-corrected chi connectivity index (χ2v) is 9.36. The van der Waals surface area contributed by atoms with Crippen molar-refractivity contribution in [1.29, 1.82) is 0 Å². The Labute approximate surface area is 207 Å². The molecule has 6 nitrogen and oxygen atoms in total. The standard InChI is InChI=1S/C28H36FN3O3/c1-23-19-30-32(20-23)16-6-18-34-25-11-9-24(10-12-25)21-31-15-5-13-28(33-2,14-17-31)22-35-27-8-4-3-7-26(27)29/h3-4,7-12,19-20H,5-6,13-18,21-22H2,1-2H3/t28-/m0/s1. The Morgan fingerprint density at radius 3 is 2.60 bits per heavy atom. The van der Waals surface area contributed by atoms with Crippen LogP contribution in [-0.2, 0) is 17.8 Å². The van der Waals surface area contributed by atoms with Crippen molar-refractivity contribution in [3.63, 3.8) is 0 Å². The molecule has 3 aromatic rings. The topological polar surface area (TPSA) is 48.8 Å². The second kappa shape index (κ2) is 12.2. The summed E-state index contributed by atoms with van der Waals surface area (Å²) in [5.41, 5.74) is 2.04. The number of benzene rings is 2. The van der Waals surface area contributed by atoms with Gasteiger partial charge in [0.1, 0.15) is 18.0 Å². The molecule has 0 N–H and O–H groups in total. The lowest BCUT2D eigenvalue weighted by Gasteiger charge is -2.31. The number of methoxy groups -OCH3 is 1. The largest absolute Gasteiger partial charge is 0.494 e. The Hall–Kier alpha value is -2.90. The molecule has 35 heavy (non-hydrogen) atoms. The molecule has 0 bridgehead atoms. The van der Waals surface area contributed by atoms with E-state index in [9.17, 15) is 4.39 Å². The first kappa shape index (κ1) is 25.2. The average Bonchev–Trinajstić information content (AvgIpc) is 3.18. The van der Waals surface area contributed by atoms with Crippen LogP contribution < -0.4 is 9.47 Å². The SMILES string of the molecule is CO[C@@]1(COc2ccccc2F)CCCN(Cc2ccc(OCCCn3cc(C)cn3)cc2)CC1. The van der Waals surface area contributed by atoms with Gasteiger partial charge in [0.25, 0.3) is 0 Å². The number of aromatic nitrogens is 2. The third-order valence-corrected chi connectivity index (χ3v) is 6.64. The van der Waals surface area contributed by atoms with Crippen molar-refractivity contribution >= 4 is 0 Å². The van der Waals surface area contributed by atoms with E-state index in [0.29, 0.717) is 13.2 Å². The van der Waals surface area contributed by atoms with Gasteiger partial charge < -0.3 is 14.2 Å².